The van der Waals surface area contributed by atoms with E-state index in [4.69, 9.17) is 5.73 Å². The molecule has 0 bridgehead atoms. The number of halogens is 6. The highest BCUT2D eigenvalue weighted by Crippen LogP contribution is 2.29. The van der Waals surface area contributed by atoms with Crippen LogP contribution in [0.5, 0.6) is 0 Å². The molecule has 1 atom stereocenters. The predicted octanol–water partition coefficient (Wildman–Crippen LogP) is 3.96. The molecule has 0 aliphatic rings. The highest BCUT2D eigenvalue weighted by molar-refractivity contribution is 9.10. The molecule has 1 aromatic rings. The zero-order valence-electron chi connectivity index (χ0n) is 7.89. The third kappa shape index (κ3) is 4.67. The molecule has 1 aromatic carbocycles. The molecule has 0 fully saturated rings. The summed E-state index contributed by atoms with van der Waals surface area (Å²) in [6.07, 6.45) is -5.62. The van der Waals surface area contributed by atoms with Gasteiger partial charge in [-0.1, -0.05) is 22.0 Å². The Labute approximate surface area is 105 Å². The zero-order chi connectivity index (χ0) is 11.6. The van der Waals surface area contributed by atoms with Gasteiger partial charge in [0.1, 0.15) is 5.82 Å². The molecule has 1 rings (SSSR count). The Kier molecular flexibility index (Phi) is 5.72. The van der Waals surface area contributed by atoms with Gasteiger partial charge in [0.2, 0.25) is 0 Å². The molecular weight excluding hydrogens is 313 g/mol. The molecule has 0 spiro atoms. The van der Waals surface area contributed by atoms with Crippen LogP contribution in [0, 0.1) is 5.82 Å². The first-order valence-corrected chi connectivity index (χ1v) is 4.86. The summed E-state index contributed by atoms with van der Waals surface area (Å²) < 4.78 is 49.6. The lowest BCUT2D eigenvalue weighted by molar-refractivity contribution is -0.138. The Morgan fingerprint density at radius 1 is 1.31 bits per heavy atom. The molecule has 0 saturated heterocycles. The maximum Gasteiger partial charge on any atom is 0.390 e. The SMILES string of the molecule is Cl.N[C@@H](CC(F)(F)F)c1ccc(Br)cc1F. The van der Waals surface area contributed by atoms with E-state index in [2.05, 4.69) is 15.9 Å². The smallest absolute Gasteiger partial charge is 0.324 e. The number of nitrogens with two attached hydrogens (primary N) is 1. The number of rotatable bonds is 2. The lowest BCUT2D eigenvalue weighted by Gasteiger charge is -2.15. The summed E-state index contributed by atoms with van der Waals surface area (Å²) in [5.41, 5.74) is 5.13. The topological polar surface area (TPSA) is 26.0 Å². The predicted molar refractivity (Wildman–Crippen MR) is 58.9 cm³/mol. The molecule has 16 heavy (non-hydrogen) atoms. The number of hydrogen-bond donors (Lipinski definition) is 1. The summed E-state index contributed by atoms with van der Waals surface area (Å²) in [6, 6.07) is 2.42. The minimum absolute atomic E-state index is 0. The van der Waals surface area contributed by atoms with Gasteiger partial charge in [0, 0.05) is 16.1 Å². The van der Waals surface area contributed by atoms with Gasteiger partial charge in [-0.25, -0.2) is 4.39 Å². The van der Waals surface area contributed by atoms with Gasteiger partial charge in [0.25, 0.3) is 0 Å². The van der Waals surface area contributed by atoms with Crippen molar-refractivity contribution in [3.8, 4) is 0 Å². The van der Waals surface area contributed by atoms with Crippen LogP contribution in [0.2, 0.25) is 0 Å². The normalized spacial score (nSPS) is 13.1. The highest BCUT2D eigenvalue weighted by Gasteiger charge is 2.31. The second-order valence-corrected chi connectivity index (χ2v) is 4.01. The Hall–Kier alpha value is -0.330. The van der Waals surface area contributed by atoms with E-state index in [9.17, 15) is 17.6 Å². The van der Waals surface area contributed by atoms with Crippen LogP contribution < -0.4 is 5.73 Å². The standard InChI is InChI=1S/C9H8BrF4N.ClH/c10-5-1-2-6(7(11)3-5)8(15)4-9(12,13)14;/h1-3,8H,4,15H2;1H/t8-;/m0./s1. The molecule has 0 radical (unpaired) electrons. The Morgan fingerprint density at radius 2 is 1.88 bits per heavy atom. The largest absolute Gasteiger partial charge is 0.390 e. The monoisotopic (exact) mass is 321 g/mol. The lowest BCUT2D eigenvalue weighted by atomic mass is 10.0. The van der Waals surface area contributed by atoms with Crippen molar-refractivity contribution in [1.82, 2.24) is 0 Å². The number of alkyl halides is 3. The van der Waals surface area contributed by atoms with Crippen LogP contribution in [0.25, 0.3) is 0 Å². The number of benzene rings is 1. The van der Waals surface area contributed by atoms with Crippen molar-refractivity contribution in [2.75, 3.05) is 0 Å². The van der Waals surface area contributed by atoms with Crippen molar-refractivity contribution in [3.63, 3.8) is 0 Å². The van der Waals surface area contributed by atoms with E-state index in [0.29, 0.717) is 4.47 Å². The van der Waals surface area contributed by atoms with E-state index in [-0.39, 0.29) is 18.0 Å². The highest BCUT2D eigenvalue weighted by atomic mass is 79.9. The fraction of sp³-hybridized carbons (Fsp3) is 0.333. The quantitative estimate of drug-likeness (QED) is 0.819. The summed E-state index contributed by atoms with van der Waals surface area (Å²) in [5, 5.41) is 0. The summed E-state index contributed by atoms with van der Waals surface area (Å²) in [5.74, 6) is -0.735. The minimum Gasteiger partial charge on any atom is -0.324 e. The molecule has 0 aliphatic carbocycles. The molecule has 2 N–H and O–H groups in total. The van der Waals surface area contributed by atoms with E-state index < -0.39 is 24.5 Å². The lowest BCUT2D eigenvalue weighted by Crippen LogP contribution is -2.21. The maximum atomic E-state index is 13.2. The van der Waals surface area contributed by atoms with Crippen molar-refractivity contribution in [2.45, 2.75) is 18.6 Å². The first-order chi connectivity index (χ1) is 6.79. The van der Waals surface area contributed by atoms with Crippen molar-refractivity contribution in [2.24, 2.45) is 5.73 Å². The van der Waals surface area contributed by atoms with Gasteiger partial charge in [-0.3, -0.25) is 0 Å². The third-order valence-electron chi connectivity index (χ3n) is 1.81. The first kappa shape index (κ1) is 15.7. The van der Waals surface area contributed by atoms with Crippen LogP contribution in [0.1, 0.15) is 18.0 Å². The van der Waals surface area contributed by atoms with Crippen molar-refractivity contribution >= 4 is 28.3 Å². The van der Waals surface area contributed by atoms with E-state index in [1.54, 1.807) is 0 Å². The van der Waals surface area contributed by atoms with Crippen molar-refractivity contribution in [3.05, 3.63) is 34.1 Å². The van der Waals surface area contributed by atoms with Crippen LogP contribution in [-0.2, 0) is 0 Å². The van der Waals surface area contributed by atoms with Crippen LogP contribution in [0.3, 0.4) is 0 Å². The van der Waals surface area contributed by atoms with Crippen LogP contribution in [0.4, 0.5) is 17.6 Å². The van der Waals surface area contributed by atoms with Gasteiger partial charge in [0.15, 0.2) is 0 Å². The third-order valence-corrected chi connectivity index (χ3v) is 2.31. The second-order valence-electron chi connectivity index (χ2n) is 3.09. The summed E-state index contributed by atoms with van der Waals surface area (Å²) in [6.45, 7) is 0. The fourth-order valence-electron chi connectivity index (χ4n) is 1.16. The molecule has 7 heteroatoms. The van der Waals surface area contributed by atoms with E-state index >= 15 is 0 Å². The molecular formula is C9H9BrClF4N. The molecule has 1 nitrogen and oxygen atoms in total. The van der Waals surface area contributed by atoms with Gasteiger partial charge in [0.05, 0.1) is 6.42 Å². The van der Waals surface area contributed by atoms with E-state index in [1.807, 2.05) is 0 Å². The van der Waals surface area contributed by atoms with Crippen LogP contribution in [0.15, 0.2) is 22.7 Å². The molecule has 0 saturated carbocycles. The summed E-state index contributed by atoms with van der Waals surface area (Å²) in [7, 11) is 0. The van der Waals surface area contributed by atoms with Crippen LogP contribution >= 0.6 is 28.3 Å². The maximum absolute atomic E-state index is 13.2. The average molecular weight is 323 g/mol. The van der Waals surface area contributed by atoms with Gasteiger partial charge < -0.3 is 5.73 Å². The molecule has 0 aliphatic heterocycles. The van der Waals surface area contributed by atoms with Gasteiger partial charge >= 0.3 is 6.18 Å². The fourth-order valence-corrected chi connectivity index (χ4v) is 1.49. The van der Waals surface area contributed by atoms with E-state index in [1.165, 1.54) is 12.1 Å². The van der Waals surface area contributed by atoms with Gasteiger partial charge in [-0.05, 0) is 12.1 Å². The minimum atomic E-state index is -4.39. The second kappa shape index (κ2) is 5.84. The molecule has 0 heterocycles. The Balaban J connectivity index is 0.00000225. The average Bonchev–Trinajstić information content (AvgIpc) is 1.99. The molecule has 0 amide bonds. The molecule has 0 aromatic heterocycles. The van der Waals surface area contributed by atoms with Crippen molar-refractivity contribution in [1.29, 1.82) is 0 Å². The molecule has 92 valence electrons. The molecule has 0 unspecified atom stereocenters. The summed E-state index contributed by atoms with van der Waals surface area (Å²) in [4.78, 5) is 0. The first-order valence-electron chi connectivity index (χ1n) is 4.07. The van der Waals surface area contributed by atoms with E-state index in [0.717, 1.165) is 6.07 Å². The zero-order valence-corrected chi connectivity index (χ0v) is 10.3. The Bertz CT molecular complexity index is 356. The number of hydrogen-bond acceptors (Lipinski definition) is 1. The Morgan fingerprint density at radius 3 is 2.31 bits per heavy atom. The van der Waals surface area contributed by atoms with Gasteiger partial charge in [-0.15, -0.1) is 12.4 Å². The van der Waals surface area contributed by atoms with Crippen LogP contribution in [-0.4, -0.2) is 6.18 Å². The summed E-state index contributed by atoms with van der Waals surface area (Å²) >= 11 is 3.00. The van der Waals surface area contributed by atoms with Gasteiger partial charge in [-0.2, -0.15) is 13.2 Å². The van der Waals surface area contributed by atoms with Crippen molar-refractivity contribution < 1.29 is 17.6 Å².